The van der Waals surface area contributed by atoms with Gasteiger partial charge in [-0.25, -0.2) is 0 Å². The summed E-state index contributed by atoms with van der Waals surface area (Å²) in [6.07, 6.45) is 0. The summed E-state index contributed by atoms with van der Waals surface area (Å²) in [5, 5.41) is 0. The first kappa shape index (κ1) is 16.0. The molecule has 0 saturated heterocycles. The van der Waals surface area contributed by atoms with Gasteiger partial charge < -0.3 is 0 Å². The quantitative estimate of drug-likeness (QED) is 0.584. The van der Waals surface area contributed by atoms with Crippen molar-refractivity contribution in [3.63, 3.8) is 0 Å². The van der Waals surface area contributed by atoms with E-state index in [0.717, 1.165) is 0 Å². The van der Waals surface area contributed by atoms with Crippen molar-refractivity contribution in [1.29, 1.82) is 0 Å². The predicted molar refractivity (Wildman–Crippen MR) is 77.0 cm³/mol. The van der Waals surface area contributed by atoms with Crippen LogP contribution in [-0.2, 0) is 0 Å². The summed E-state index contributed by atoms with van der Waals surface area (Å²) in [5.74, 6) is 0. The summed E-state index contributed by atoms with van der Waals surface area (Å²) in [6, 6.07) is 0. The zero-order chi connectivity index (χ0) is 11.5. The molecule has 0 spiro atoms. The molecular weight excluding hydrogens is 420 g/mol. The molecule has 0 rings (SSSR count). The van der Waals surface area contributed by atoms with E-state index in [-0.39, 0.29) is 0 Å². The van der Waals surface area contributed by atoms with Gasteiger partial charge in [0.15, 0.2) is 0 Å². The Kier molecular flexibility index (Phi) is 8.36. The fourth-order valence-corrected chi connectivity index (χ4v) is 43.2. The zero-order valence-corrected chi connectivity index (χ0v) is 18.3. The van der Waals surface area contributed by atoms with Crippen LogP contribution in [0.3, 0.4) is 0 Å². The minimum atomic E-state index is -0.562. The Morgan fingerprint density at radius 3 is 0.643 bits per heavy atom. The molecule has 0 atom stereocenters. The van der Waals surface area contributed by atoms with Crippen molar-refractivity contribution < 1.29 is 0 Å². The van der Waals surface area contributed by atoms with Crippen LogP contribution in [0, 0.1) is 0 Å². The molecule has 0 unspecified atom stereocenters. The molecule has 0 nitrogen and oxygen atoms in total. The van der Waals surface area contributed by atoms with Gasteiger partial charge in [0.25, 0.3) is 0 Å². The molecule has 0 amide bonds. The SMILES string of the molecule is C[As](C)C(=C([As](C)C)[As](C)C)[As](C)C. The fraction of sp³-hybridized carbons (Fsp3) is 0.800. The number of hydrogen-bond acceptors (Lipinski definition) is 0. The van der Waals surface area contributed by atoms with Gasteiger partial charge in [-0.2, -0.15) is 0 Å². The summed E-state index contributed by atoms with van der Waals surface area (Å²) in [7, 11) is 0. The summed E-state index contributed by atoms with van der Waals surface area (Å²) in [5.41, 5.74) is 20.4. The first-order valence-electron chi connectivity index (χ1n) is 4.72. The van der Waals surface area contributed by atoms with Gasteiger partial charge >= 0.3 is 111 Å². The zero-order valence-electron chi connectivity index (χ0n) is 10.8. The first-order chi connectivity index (χ1) is 6.29. The van der Waals surface area contributed by atoms with Gasteiger partial charge in [-0.15, -0.1) is 0 Å². The molecule has 0 saturated carbocycles. The Balaban J connectivity index is 5.27. The standard InChI is InChI=1S/C10H24As4/c1-11(2)9(12(3)4)10(13(5)6)14(7)8/h1-8H3. The van der Waals surface area contributed by atoms with Crippen LogP contribution < -0.4 is 0 Å². The molecule has 0 bridgehead atoms. The third kappa shape index (κ3) is 4.87. The summed E-state index contributed by atoms with van der Waals surface area (Å²) in [6.45, 7) is 0. The molecule has 0 aromatic carbocycles. The average Bonchev–Trinajstić information content (AvgIpc) is 1.96. The molecule has 84 valence electrons. The fourth-order valence-electron chi connectivity index (χ4n) is 1.60. The van der Waals surface area contributed by atoms with E-state index in [0.29, 0.717) is 0 Å². The molecule has 0 aliphatic rings. The minimum absolute atomic E-state index is 0.562. The molecule has 0 aromatic heterocycles. The van der Waals surface area contributed by atoms with Crippen molar-refractivity contribution in [3.8, 4) is 0 Å². The second kappa shape index (κ2) is 7.33. The van der Waals surface area contributed by atoms with Gasteiger partial charge in [0.2, 0.25) is 0 Å². The molecule has 4 heteroatoms. The van der Waals surface area contributed by atoms with Crippen LogP contribution in [0.15, 0.2) is 6.30 Å². The van der Waals surface area contributed by atoms with E-state index >= 15 is 0 Å². The van der Waals surface area contributed by atoms with Gasteiger partial charge in [-0.3, -0.25) is 0 Å². The number of hydrogen-bond donors (Lipinski definition) is 0. The Bertz CT molecular complexity index is 162. The second-order valence-electron chi connectivity index (χ2n) is 4.22. The maximum atomic E-state index is 2.55. The monoisotopic (exact) mass is 444 g/mol. The second-order valence-corrected chi connectivity index (χ2v) is 26.3. The molecule has 0 N–H and O–H groups in total. The first-order valence-corrected chi connectivity index (χ1v) is 23.5. The van der Waals surface area contributed by atoms with Crippen molar-refractivity contribution >= 4 is 58.6 Å². The average molecular weight is 444 g/mol. The van der Waals surface area contributed by atoms with E-state index in [4.69, 9.17) is 0 Å². The Hall–Kier alpha value is 1.97. The van der Waals surface area contributed by atoms with Crippen LogP contribution in [0.1, 0.15) is 0 Å². The Morgan fingerprint density at radius 1 is 0.429 bits per heavy atom. The van der Waals surface area contributed by atoms with Crippen LogP contribution in [0.5, 0.6) is 0 Å². The van der Waals surface area contributed by atoms with Gasteiger partial charge in [0.1, 0.15) is 0 Å². The Labute approximate surface area is 109 Å². The van der Waals surface area contributed by atoms with E-state index in [1.165, 1.54) is 0 Å². The van der Waals surface area contributed by atoms with E-state index in [2.05, 4.69) is 52.0 Å². The van der Waals surface area contributed by atoms with Crippen molar-refractivity contribution in [1.82, 2.24) is 0 Å². The van der Waals surface area contributed by atoms with Crippen LogP contribution in [0.25, 0.3) is 0 Å². The normalized spacial score (nSPS) is 12.0. The van der Waals surface area contributed by atoms with Crippen molar-refractivity contribution in [2.75, 3.05) is 0 Å². The van der Waals surface area contributed by atoms with Crippen LogP contribution in [0.2, 0.25) is 45.7 Å². The van der Waals surface area contributed by atoms with Gasteiger partial charge in [-0.1, -0.05) is 0 Å². The summed E-state index contributed by atoms with van der Waals surface area (Å²) >= 11 is -2.25. The number of rotatable bonds is 4. The topological polar surface area (TPSA) is 0 Å². The van der Waals surface area contributed by atoms with Crippen LogP contribution in [0.4, 0.5) is 0 Å². The summed E-state index contributed by atoms with van der Waals surface area (Å²) in [4.78, 5) is 0. The Morgan fingerprint density at radius 2 is 0.571 bits per heavy atom. The van der Waals surface area contributed by atoms with E-state index in [1.807, 2.05) is 0 Å². The summed E-state index contributed by atoms with van der Waals surface area (Å²) < 4.78 is 4.19. The van der Waals surface area contributed by atoms with Crippen LogP contribution in [-0.4, -0.2) is 58.6 Å². The molecule has 0 radical (unpaired) electrons. The van der Waals surface area contributed by atoms with Crippen molar-refractivity contribution in [2.45, 2.75) is 45.7 Å². The molecule has 0 heterocycles. The van der Waals surface area contributed by atoms with Crippen molar-refractivity contribution in [2.24, 2.45) is 0 Å². The molecular formula is C10H24As4. The van der Waals surface area contributed by atoms with E-state index in [1.54, 1.807) is 0 Å². The van der Waals surface area contributed by atoms with Gasteiger partial charge in [-0.05, 0) is 0 Å². The molecule has 0 aromatic rings. The molecule has 0 aliphatic heterocycles. The third-order valence-electron chi connectivity index (χ3n) is 1.89. The molecule has 0 aliphatic carbocycles. The van der Waals surface area contributed by atoms with Gasteiger partial charge in [0, 0.05) is 0 Å². The predicted octanol–water partition coefficient (Wildman–Crippen LogP) is 3.46. The maximum absolute atomic E-state index is 2.55. The molecule has 14 heavy (non-hydrogen) atoms. The van der Waals surface area contributed by atoms with E-state index in [9.17, 15) is 0 Å². The molecule has 0 fully saturated rings. The van der Waals surface area contributed by atoms with Crippen LogP contribution >= 0.6 is 0 Å². The van der Waals surface area contributed by atoms with Crippen molar-refractivity contribution in [3.05, 3.63) is 6.30 Å². The van der Waals surface area contributed by atoms with Gasteiger partial charge in [0.05, 0.1) is 0 Å². The van der Waals surface area contributed by atoms with E-state index < -0.39 is 58.6 Å². The third-order valence-corrected chi connectivity index (χ3v) is 31.6.